The van der Waals surface area contributed by atoms with Crippen molar-refractivity contribution in [1.82, 2.24) is 9.97 Å². The number of anilines is 1. The number of hydrogen-bond donors (Lipinski definition) is 0. The molecule has 8 heteroatoms. The van der Waals surface area contributed by atoms with Crippen LogP contribution >= 0.6 is 11.8 Å². The summed E-state index contributed by atoms with van der Waals surface area (Å²) in [5, 5.41) is -0.738. The number of benzene rings is 3. The molecule has 0 fully saturated rings. The minimum absolute atomic E-state index is 0.383. The third kappa shape index (κ3) is 4.91. The van der Waals surface area contributed by atoms with E-state index in [4.69, 9.17) is 38.2 Å². The Hall–Kier alpha value is -2.86. The van der Waals surface area contributed by atoms with Crippen molar-refractivity contribution in [3.05, 3.63) is 89.5 Å². The van der Waals surface area contributed by atoms with Gasteiger partial charge in [-0.15, -0.1) is 16.9 Å². The lowest BCUT2D eigenvalue weighted by atomic mass is 9.40. The van der Waals surface area contributed by atoms with Crippen LogP contribution in [0.2, 0.25) is 0 Å². The van der Waals surface area contributed by atoms with E-state index in [1.54, 1.807) is 6.07 Å². The summed E-state index contributed by atoms with van der Waals surface area (Å²) in [7, 11) is 17.8. The Kier molecular flexibility index (Phi) is 6.11. The van der Waals surface area contributed by atoms with E-state index in [1.165, 1.54) is 10.5 Å². The molecular formula is C25H20B3N3OS. The normalized spacial score (nSPS) is 14.0. The first-order valence-corrected chi connectivity index (χ1v) is 11.8. The van der Waals surface area contributed by atoms with E-state index in [9.17, 15) is 0 Å². The van der Waals surface area contributed by atoms with Crippen LogP contribution in [0.4, 0.5) is 5.95 Å². The third-order valence-corrected chi connectivity index (χ3v) is 6.70. The highest BCUT2D eigenvalue weighted by molar-refractivity contribution is 7.99. The van der Waals surface area contributed by atoms with Gasteiger partial charge in [0, 0.05) is 23.7 Å². The van der Waals surface area contributed by atoms with Crippen LogP contribution in [0.25, 0.3) is 10.9 Å². The van der Waals surface area contributed by atoms with Gasteiger partial charge in [0.1, 0.15) is 6.61 Å². The van der Waals surface area contributed by atoms with Crippen molar-refractivity contribution in [3.63, 3.8) is 0 Å². The first-order chi connectivity index (χ1) is 16.0. The lowest BCUT2D eigenvalue weighted by Crippen LogP contribution is -2.27. The van der Waals surface area contributed by atoms with Crippen molar-refractivity contribution in [3.8, 4) is 5.88 Å². The molecule has 6 radical (unpaired) electrons. The maximum absolute atomic E-state index is 6.20. The molecule has 156 valence electrons. The van der Waals surface area contributed by atoms with E-state index in [1.807, 2.05) is 54.2 Å². The molecule has 0 N–H and O–H groups in total. The van der Waals surface area contributed by atoms with Crippen LogP contribution in [0.15, 0.2) is 77.7 Å². The first kappa shape index (κ1) is 22.0. The second-order valence-electron chi connectivity index (χ2n) is 8.15. The predicted octanol–water partition coefficient (Wildman–Crippen LogP) is 3.94. The Labute approximate surface area is 202 Å². The number of rotatable bonds is 5. The molecule has 0 spiro atoms. The van der Waals surface area contributed by atoms with E-state index in [2.05, 4.69) is 29.2 Å². The molecule has 0 unspecified atom stereocenters. The number of ether oxygens (including phenoxy) is 1. The Bertz CT molecular complexity index is 1280. The molecule has 0 aliphatic carbocycles. The van der Waals surface area contributed by atoms with E-state index in [-0.39, 0.29) is 0 Å². The summed E-state index contributed by atoms with van der Waals surface area (Å²) in [6.45, 7) is 1.95. The van der Waals surface area contributed by atoms with E-state index in [0.29, 0.717) is 24.0 Å². The highest BCUT2D eigenvalue weighted by atomic mass is 32.2. The van der Waals surface area contributed by atoms with Crippen molar-refractivity contribution in [2.24, 2.45) is 0 Å². The van der Waals surface area contributed by atoms with Crippen molar-refractivity contribution >= 4 is 52.2 Å². The second kappa shape index (κ2) is 9.18. The molecule has 1 aliphatic heterocycles. The summed E-state index contributed by atoms with van der Waals surface area (Å²) < 4.78 is 6.20. The van der Waals surface area contributed by atoms with Gasteiger partial charge in [-0.2, -0.15) is 4.98 Å². The predicted molar refractivity (Wildman–Crippen MR) is 137 cm³/mol. The fraction of sp³-hybridized carbons (Fsp3) is 0.200. The van der Waals surface area contributed by atoms with Gasteiger partial charge in [0.25, 0.3) is 0 Å². The Balaban J connectivity index is 1.55. The van der Waals surface area contributed by atoms with Gasteiger partial charge in [-0.1, -0.05) is 60.2 Å². The Morgan fingerprint density at radius 2 is 1.73 bits per heavy atom. The molecule has 0 bridgehead atoms. The average molecular weight is 443 g/mol. The maximum Gasteiger partial charge on any atom is 0.229 e. The van der Waals surface area contributed by atoms with Gasteiger partial charge >= 0.3 is 0 Å². The van der Waals surface area contributed by atoms with Crippen LogP contribution in [0.1, 0.15) is 16.7 Å². The molecule has 0 atom stereocenters. The summed E-state index contributed by atoms with van der Waals surface area (Å²) in [6.07, 6.45) is 0. The molecule has 0 saturated heterocycles. The molecule has 1 aromatic heterocycles. The molecule has 0 saturated carbocycles. The SMILES string of the molecule is [B]C([B])([B])c1ccc2nc(N3CCSc4ccccc4C3)nc(OCc3ccccc3)c2c1. The summed E-state index contributed by atoms with van der Waals surface area (Å²) in [5.41, 5.74) is 3.65. The van der Waals surface area contributed by atoms with Gasteiger partial charge in [0.15, 0.2) is 0 Å². The van der Waals surface area contributed by atoms with Crippen LogP contribution in [0.3, 0.4) is 0 Å². The van der Waals surface area contributed by atoms with E-state index < -0.39 is 5.11 Å². The topological polar surface area (TPSA) is 38.2 Å². The molecule has 2 heterocycles. The molecule has 4 aromatic rings. The van der Waals surface area contributed by atoms with Gasteiger partial charge in [-0.05, 0) is 29.3 Å². The van der Waals surface area contributed by atoms with Crippen molar-refractivity contribution in [1.29, 1.82) is 0 Å². The summed E-state index contributed by atoms with van der Waals surface area (Å²) in [6, 6.07) is 23.9. The zero-order chi connectivity index (χ0) is 22.8. The highest BCUT2D eigenvalue weighted by Gasteiger charge is 2.21. The van der Waals surface area contributed by atoms with Crippen molar-refractivity contribution in [2.75, 3.05) is 17.2 Å². The minimum atomic E-state index is -1.46. The van der Waals surface area contributed by atoms with Gasteiger partial charge in [-0.3, -0.25) is 0 Å². The lowest BCUT2D eigenvalue weighted by Gasteiger charge is -2.23. The van der Waals surface area contributed by atoms with Crippen molar-refractivity contribution in [2.45, 2.75) is 23.2 Å². The molecule has 5 rings (SSSR count). The van der Waals surface area contributed by atoms with Crippen molar-refractivity contribution < 1.29 is 4.74 Å². The zero-order valence-electron chi connectivity index (χ0n) is 18.1. The monoisotopic (exact) mass is 443 g/mol. The molecule has 1 aliphatic rings. The van der Waals surface area contributed by atoms with Crippen LogP contribution in [-0.4, -0.2) is 45.8 Å². The Morgan fingerprint density at radius 3 is 2.55 bits per heavy atom. The molecule has 4 nitrogen and oxygen atoms in total. The van der Waals surface area contributed by atoms with Gasteiger partial charge in [0.2, 0.25) is 11.8 Å². The molecular weight excluding hydrogens is 423 g/mol. The minimum Gasteiger partial charge on any atom is -0.472 e. The van der Waals surface area contributed by atoms with E-state index >= 15 is 0 Å². The summed E-state index contributed by atoms with van der Waals surface area (Å²) >= 11 is 1.86. The van der Waals surface area contributed by atoms with Gasteiger partial charge in [-0.25, -0.2) is 4.98 Å². The largest absolute Gasteiger partial charge is 0.472 e. The summed E-state index contributed by atoms with van der Waals surface area (Å²) in [5.74, 6) is 2.07. The van der Waals surface area contributed by atoms with Crippen LogP contribution in [0, 0.1) is 0 Å². The number of aromatic nitrogens is 2. The molecule has 3 aromatic carbocycles. The third-order valence-electron chi connectivity index (χ3n) is 5.60. The fourth-order valence-electron chi connectivity index (χ4n) is 3.83. The summed E-state index contributed by atoms with van der Waals surface area (Å²) in [4.78, 5) is 13.2. The second-order valence-corrected chi connectivity index (χ2v) is 9.28. The maximum atomic E-state index is 6.20. The van der Waals surface area contributed by atoms with E-state index in [0.717, 1.165) is 35.3 Å². The standard InChI is InChI=1S/C25H20B3N3OS/c26-25(27,28)19-10-11-21-20(14-19)23(32-16-17-6-2-1-3-7-17)30-24(29-21)31-12-13-33-22-9-5-4-8-18(22)15-31/h1-11,14H,12-13,15-16H2. The molecule has 33 heavy (non-hydrogen) atoms. The number of fused-ring (bicyclic) bond motifs is 2. The average Bonchev–Trinajstić information content (AvgIpc) is 3.05. The quantitative estimate of drug-likeness (QED) is 0.438. The molecule has 0 amide bonds. The smallest absolute Gasteiger partial charge is 0.229 e. The fourth-order valence-corrected chi connectivity index (χ4v) is 4.86. The highest BCUT2D eigenvalue weighted by Crippen LogP contribution is 2.32. The number of nitrogens with zero attached hydrogens (tertiary/aromatic N) is 3. The Morgan fingerprint density at radius 1 is 0.939 bits per heavy atom. The van der Waals surface area contributed by atoms with Crippen LogP contribution < -0.4 is 9.64 Å². The number of thioether (sulfide) groups is 1. The van der Waals surface area contributed by atoms with Gasteiger partial charge in [0.05, 0.1) is 34.4 Å². The lowest BCUT2D eigenvalue weighted by molar-refractivity contribution is 0.297. The van der Waals surface area contributed by atoms with Crippen LogP contribution in [-0.2, 0) is 18.3 Å². The zero-order valence-corrected chi connectivity index (χ0v) is 19.0. The van der Waals surface area contributed by atoms with Crippen LogP contribution in [0.5, 0.6) is 5.88 Å². The first-order valence-electron chi connectivity index (χ1n) is 10.8. The number of hydrogen-bond acceptors (Lipinski definition) is 5. The van der Waals surface area contributed by atoms with Gasteiger partial charge < -0.3 is 9.64 Å².